The number of nitrogens with zero attached hydrogens (tertiary/aromatic N) is 2. The van der Waals surface area contributed by atoms with E-state index in [2.05, 4.69) is 32.6 Å². The molecule has 2 atom stereocenters. The van der Waals surface area contributed by atoms with Crippen molar-refractivity contribution in [2.24, 2.45) is 0 Å². The highest BCUT2D eigenvalue weighted by atomic mass is 35.5. The van der Waals surface area contributed by atoms with Crippen LogP contribution < -0.4 is 0 Å². The van der Waals surface area contributed by atoms with Gasteiger partial charge in [0.15, 0.2) is 0 Å². The number of carbonyl (C=O) groups excluding carboxylic acids is 1. The summed E-state index contributed by atoms with van der Waals surface area (Å²) in [4.78, 5) is 17.4. The Labute approximate surface area is 157 Å². The van der Waals surface area contributed by atoms with Crippen molar-refractivity contribution < 1.29 is 9.53 Å². The van der Waals surface area contributed by atoms with E-state index in [4.69, 9.17) is 16.3 Å². The maximum atomic E-state index is 12.9. The van der Waals surface area contributed by atoms with Gasteiger partial charge >= 0.3 is 0 Å². The minimum Gasteiger partial charge on any atom is -0.383 e. The van der Waals surface area contributed by atoms with Crippen molar-refractivity contribution in [3.05, 3.63) is 34.9 Å². The Kier molecular flexibility index (Phi) is 6.89. The van der Waals surface area contributed by atoms with Gasteiger partial charge in [-0.3, -0.25) is 9.69 Å². The van der Waals surface area contributed by atoms with Gasteiger partial charge in [-0.15, -0.1) is 0 Å². The van der Waals surface area contributed by atoms with Crippen LogP contribution in [0.4, 0.5) is 0 Å². The van der Waals surface area contributed by atoms with Crippen LogP contribution in [0.1, 0.15) is 39.7 Å². The van der Waals surface area contributed by atoms with Gasteiger partial charge in [-0.05, 0) is 37.0 Å². The van der Waals surface area contributed by atoms with E-state index in [9.17, 15) is 4.79 Å². The number of piperazine rings is 1. The molecule has 0 bridgehead atoms. The third kappa shape index (κ3) is 5.19. The van der Waals surface area contributed by atoms with Crippen molar-refractivity contribution in [2.45, 2.75) is 51.6 Å². The van der Waals surface area contributed by atoms with E-state index in [1.165, 1.54) is 0 Å². The van der Waals surface area contributed by atoms with Crippen LogP contribution >= 0.6 is 11.6 Å². The average molecular weight is 367 g/mol. The molecule has 0 N–H and O–H groups in total. The molecule has 2 rings (SSSR count). The highest BCUT2D eigenvalue weighted by Gasteiger charge is 2.34. The van der Waals surface area contributed by atoms with Crippen LogP contribution in [-0.2, 0) is 14.9 Å². The molecule has 1 aliphatic heterocycles. The van der Waals surface area contributed by atoms with Crippen molar-refractivity contribution in [1.82, 2.24) is 9.80 Å². The summed E-state index contributed by atoms with van der Waals surface area (Å²) in [6.45, 7) is 11.8. The van der Waals surface area contributed by atoms with Crippen LogP contribution in [0.2, 0.25) is 5.02 Å². The molecule has 1 saturated heterocycles. The quantitative estimate of drug-likeness (QED) is 0.771. The van der Waals surface area contributed by atoms with Gasteiger partial charge in [-0.25, -0.2) is 0 Å². The number of hydrogen-bond acceptors (Lipinski definition) is 3. The Morgan fingerprint density at radius 3 is 2.28 bits per heavy atom. The number of hydrogen-bond donors (Lipinski definition) is 0. The van der Waals surface area contributed by atoms with Gasteiger partial charge in [0.1, 0.15) is 0 Å². The number of methoxy groups -OCH3 is 1. The van der Waals surface area contributed by atoms with Crippen LogP contribution in [-0.4, -0.2) is 61.1 Å². The van der Waals surface area contributed by atoms with E-state index >= 15 is 0 Å². The lowest BCUT2D eigenvalue weighted by molar-refractivity contribution is -0.137. The number of rotatable bonds is 6. The summed E-state index contributed by atoms with van der Waals surface area (Å²) in [5, 5.41) is 0.723. The highest BCUT2D eigenvalue weighted by molar-refractivity contribution is 6.30. The van der Waals surface area contributed by atoms with E-state index in [1.54, 1.807) is 7.11 Å². The molecule has 1 heterocycles. The third-order valence-electron chi connectivity index (χ3n) is 5.23. The van der Waals surface area contributed by atoms with E-state index in [-0.39, 0.29) is 11.3 Å². The summed E-state index contributed by atoms with van der Waals surface area (Å²) in [7, 11) is 1.73. The first kappa shape index (κ1) is 20.2. The van der Waals surface area contributed by atoms with Crippen LogP contribution in [0, 0.1) is 0 Å². The Bertz CT molecular complexity index is 562. The summed E-state index contributed by atoms with van der Waals surface area (Å²) in [5.74, 6) is 0.227. The topological polar surface area (TPSA) is 32.8 Å². The molecular formula is C20H31ClN2O2. The molecule has 0 saturated carbocycles. The summed E-state index contributed by atoms with van der Waals surface area (Å²) >= 11 is 5.98. The Morgan fingerprint density at radius 2 is 1.76 bits per heavy atom. The fraction of sp³-hybridized carbons (Fsp3) is 0.650. The molecule has 0 spiro atoms. The number of ether oxygens (including phenoxy) is 1. The Balaban J connectivity index is 2.00. The predicted octanol–water partition coefficient (Wildman–Crippen LogP) is 3.58. The molecule has 0 aliphatic carbocycles. The molecule has 1 fully saturated rings. The van der Waals surface area contributed by atoms with Crippen molar-refractivity contribution in [1.29, 1.82) is 0 Å². The second-order valence-corrected chi connectivity index (χ2v) is 8.23. The SMILES string of the molecule is COCCN1C(C)CN(C(=O)CC(C)(C)c2ccc(Cl)cc2)CC1C. The molecule has 25 heavy (non-hydrogen) atoms. The second kappa shape index (κ2) is 8.52. The van der Waals surface area contributed by atoms with E-state index < -0.39 is 0 Å². The molecule has 0 aromatic heterocycles. The van der Waals surface area contributed by atoms with Gasteiger partial charge in [0.2, 0.25) is 5.91 Å². The van der Waals surface area contributed by atoms with Crippen molar-refractivity contribution in [3.8, 4) is 0 Å². The fourth-order valence-electron chi connectivity index (χ4n) is 3.69. The van der Waals surface area contributed by atoms with Gasteiger partial charge in [-0.1, -0.05) is 37.6 Å². The molecule has 2 unspecified atom stereocenters. The highest BCUT2D eigenvalue weighted by Crippen LogP contribution is 2.29. The van der Waals surface area contributed by atoms with Crippen LogP contribution in [0.25, 0.3) is 0 Å². The zero-order chi connectivity index (χ0) is 18.6. The number of carbonyl (C=O) groups is 1. The molecular weight excluding hydrogens is 336 g/mol. The fourth-order valence-corrected chi connectivity index (χ4v) is 3.82. The largest absolute Gasteiger partial charge is 0.383 e. The minimum absolute atomic E-state index is 0.207. The standard InChI is InChI=1S/C20H31ClN2O2/c1-15-13-22(14-16(2)23(15)10-11-25-5)19(24)12-20(3,4)17-6-8-18(21)9-7-17/h6-9,15-16H,10-14H2,1-5H3. The zero-order valence-electron chi connectivity index (χ0n) is 16.1. The first-order valence-electron chi connectivity index (χ1n) is 9.03. The lowest BCUT2D eigenvalue weighted by Gasteiger charge is -2.45. The maximum absolute atomic E-state index is 12.9. The van der Waals surface area contributed by atoms with Gasteiger partial charge in [0.25, 0.3) is 0 Å². The van der Waals surface area contributed by atoms with Crippen molar-refractivity contribution in [3.63, 3.8) is 0 Å². The first-order chi connectivity index (χ1) is 11.7. The molecule has 1 aromatic rings. The van der Waals surface area contributed by atoms with Gasteiger partial charge < -0.3 is 9.64 Å². The number of benzene rings is 1. The van der Waals surface area contributed by atoms with Crippen LogP contribution in [0.3, 0.4) is 0 Å². The van der Waals surface area contributed by atoms with Gasteiger partial charge in [0.05, 0.1) is 6.61 Å². The summed E-state index contributed by atoms with van der Waals surface area (Å²) in [6.07, 6.45) is 0.506. The Hall–Kier alpha value is -1.10. The molecule has 1 amide bonds. The van der Waals surface area contributed by atoms with Crippen molar-refractivity contribution in [2.75, 3.05) is 33.4 Å². The van der Waals surface area contributed by atoms with Crippen LogP contribution in [0.5, 0.6) is 0 Å². The molecule has 5 heteroatoms. The maximum Gasteiger partial charge on any atom is 0.223 e. The van der Waals surface area contributed by atoms with Crippen molar-refractivity contribution >= 4 is 17.5 Å². The molecule has 1 aliphatic rings. The third-order valence-corrected chi connectivity index (χ3v) is 5.48. The smallest absolute Gasteiger partial charge is 0.223 e. The second-order valence-electron chi connectivity index (χ2n) is 7.79. The predicted molar refractivity (Wildman–Crippen MR) is 103 cm³/mol. The van der Waals surface area contributed by atoms with Gasteiger partial charge in [0, 0.05) is 50.3 Å². The molecule has 1 aromatic carbocycles. The summed E-state index contributed by atoms with van der Waals surface area (Å²) in [6, 6.07) is 8.51. The first-order valence-corrected chi connectivity index (χ1v) is 9.41. The monoisotopic (exact) mass is 366 g/mol. The zero-order valence-corrected chi connectivity index (χ0v) is 16.8. The number of halogens is 1. The lowest BCUT2D eigenvalue weighted by Crippen LogP contribution is -2.59. The summed E-state index contributed by atoms with van der Waals surface area (Å²) < 4.78 is 5.21. The number of amides is 1. The Morgan fingerprint density at radius 1 is 1.20 bits per heavy atom. The molecule has 4 nitrogen and oxygen atoms in total. The molecule has 0 radical (unpaired) electrons. The van der Waals surface area contributed by atoms with E-state index in [0.29, 0.717) is 18.5 Å². The lowest BCUT2D eigenvalue weighted by atomic mass is 9.81. The van der Waals surface area contributed by atoms with E-state index in [1.807, 2.05) is 29.2 Å². The van der Waals surface area contributed by atoms with Gasteiger partial charge in [-0.2, -0.15) is 0 Å². The average Bonchev–Trinajstić information content (AvgIpc) is 2.54. The normalized spacial score (nSPS) is 22.2. The molecule has 140 valence electrons. The summed E-state index contributed by atoms with van der Waals surface area (Å²) in [5.41, 5.74) is 0.937. The van der Waals surface area contributed by atoms with E-state index in [0.717, 1.165) is 36.8 Å². The van der Waals surface area contributed by atoms with Crippen LogP contribution in [0.15, 0.2) is 24.3 Å². The minimum atomic E-state index is -0.207.